The number of aliphatic hydroxyl groups excluding tert-OH is 1. The number of unbranched alkanes of at least 4 members (excludes halogenated alkanes) is 2. The highest BCUT2D eigenvalue weighted by molar-refractivity contribution is 6.04. The van der Waals surface area contributed by atoms with Crippen molar-refractivity contribution in [2.24, 2.45) is 0 Å². The van der Waals surface area contributed by atoms with Crippen molar-refractivity contribution in [2.75, 3.05) is 37.4 Å². The Bertz CT molecular complexity index is 1910. The zero-order valence-electron chi connectivity index (χ0n) is 29.4. The predicted octanol–water partition coefficient (Wildman–Crippen LogP) is 8.09. The van der Waals surface area contributed by atoms with Crippen LogP contribution in [0.3, 0.4) is 0 Å². The number of carbonyl (C=O) groups excluding carboxylic acids is 2. The third-order valence-corrected chi connectivity index (χ3v) is 9.18. The van der Waals surface area contributed by atoms with Crippen molar-refractivity contribution >= 4 is 34.2 Å². The molecule has 0 saturated carbocycles. The van der Waals surface area contributed by atoms with Crippen molar-refractivity contribution in [1.82, 2.24) is 14.8 Å². The Morgan fingerprint density at radius 1 is 0.863 bits per heavy atom. The molecule has 0 aliphatic carbocycles. The number of anilines is 2. The first-order chi connectivity index (χ1) is 24.9. The zero-order chi connectivity index (χ0) is 35.6. The molecule has 1 aromatic heterocycles. The Labute approximate surface area is 299 Å². The molecular weight excluding hydrogens is 642 g/mol. The number of para-hydroxylation sites is 1. The van der Waals surface area contributed by atoms with Crippen molar-refractivity contribution in [2.45, 2.75) is 58.3 Å². The van der Waals surface area contributed by atoms with E-state index in [-0.39, 0.29) is 24.6 Å². The van der Waals surface area contributed by atoms with E-state index in [1.807, 2.05) is 42.5 Å². The van der Waals surface area contributed by atoms with Crippen LogP contribution in [0.5, 0.6) is 11.5 Å². The number of urea groups is 1. The van der Waals surface area contributed by atoms with Gasteiger partial charge in [-0.05, 0) is 97.6 Å². The zero-order valence-corrected chi connectivity index (χ0v) is 29.4. The van der Waals surface area contributed by atoms with Crippen LogP contribution in [-0.4, -0.2) is 59.4 Å². The van der Waals surface area contributed by atoms with E-state index in [9.17, 15) is 14.7 Å². The van der Waals surface area contributed by atoms with E-state index in [1.54, 1.807) is 37.4 Å². The van der Waals surface area contributed by atoms with Gasteiger partial charge in [-0.2, -0.15) is 0 Å². The summed E-state index contributed by atoms with van der Waals surface area (Å²) < 4.78 is 13.8. The number of hydrogen-bond acceptors (Lipinski definition) is 6. The van der Waals surface area contributed by atoms with Gasteiger partial charge in [-0.1, -0.05) is 38.0 Å². The molecule has 0 spiro atoms. The fourth-order valence-corrected chi connectivity index (χ4v) is 6.40. The van der Waals surface area contributed by atoms with Crippen molar-refractivity contribution in [3.05, 3.63) is 114 Å². The number of hydrogen-bond donors (Lipinski definition) is 4. The molecule has 5 aromatic rings. The average Bonchev–Trinajstić information content (AvgIpc) is 3.51. The summed E-state index contributed by atoms with van der Waals surface area (Å²) >= 11 is 0. The van der Waals surface area contributed by atoms with Crippen molar-refractivity contribution in [3.63, 3.8) is 0 Å². The lowest BCUT2D eigenvalue weighted by molar-refractivity contribution is 0.0794. The number of amides is 3. The van der Waals surface area contributed by atoms with Gasteiger partial charge in [0.05, 0.1) is 18.2 Å². The van der Waals surface area contributed by atoms with Crippen LogP contribution in [0.15, 0.2) is 97.2 Å². The summed E-state index contributed by atoms with van der Waals surface area (Å²) in [5.74, 6) is 0.984. The molecule has 6 rings (SSSR count). The minimum atomic E-state index is -0.231. The molecule has 3 amide bonds. The van der Waals surface area contributed by atoms with Crippen LogP contribution in [0.2, 0.25) is 0 Å². The first kappa shape index (κ1) is 35.7. The summed E-state index contributed by atoms with van der Waals surface area (Å²) in [6, 6.07) is 28.4. The molecule has 4 aromatic carbocycles. The van der Waals surface area contributed by atoms with Gasteiger partial charge in [0.15, 0.2) is 0 Å². The van der Waals surface area contributed by atoms with Crippen LogP contribution in [0.4, 0.5) is 16.2 Å². The number of aliphatic hydroxyl groups is 1. The third kappa shape index (κ3) is 9.35. The lowest BCUT2D eigenvalue weighted by Crippen LogP contribution is -2.35. The minimum Gasteiger partial charge on any atom is -0.457 e. The number of carbonyl (C=O) groups is 2. The van der Waals surface area contributed by atoms with Gasteiger partial charge < -0.3 is 35.1 Å². The van der Waals surface area contributed by atoms with Crippen LogP contribution in [-0.2, 0) is 17.9 Å². The fraction of sp³-hybridized carbons (Fsp3) is 0.317. The second-order valence-corrected chi connectivity index (χ2v) is 13.0. The number of methoxy groups -OCH3 is 1. The molecule has 1 saturated heterocycles. The summed E-state index contributed by atoms with van der Waals surface area (Å²) in [4.78, 5) is 27.9. The molecule has 2 heterocycles. The monoisotopic (exact) mass is 689 g/mol. The third-order valence-electron chi connectivity index (χ3n) is 9.18. The number of likely N-dealkylation sites (tertiary alicyclic amines) is 1. The van der Waals surface area contributed by atoms with Gasteiger partial charge >= 0.3 is 6.03 Å². The molecular formula is C41H47N5O5. The fourth-order valence-electron chi connectivity index (χ4n) is 6.40. The van der Waals surface area contributed by atoms with Gasteiger partial charge in [-0.3, -0.25) is 9.69 Å². The highest BCUT2D eigenvalue weighted by atomic mass is 16.5. The molecule has 0 atom stereocenters. The molecule has 10 heteroatoms. The summed E-state index contributed by atoms with van der Waals surface area (Å²) in [6.07, 6.45) is 6.75. The maximum atomic E-state index is 13.3. The molecule has 51 heavy (non-hydrogen) atoms. The molecule has 1 aliphatic rings. The van der Waals surface area contributed by atoms with Crippen LogP contribution in [0, 0.1) is 0 Å². The lowest BCUT2D eigenvalue weighted by atomic mass is 10.1. The highest BCUT2D eigenvalue weighted by Gasteiger charge is 2.19. The standard InChI is InChI=1S/C41H47N5O5/c1-3-4-7-22-42-41(49)44-32-12-17-36(18-13-32)51-39-19-14-33(25-30(39)28-50-2)43-40(48)29-10-15-34(16-11-29)46-27-31(37-8-5-6-9-38(37)46)26-45-23-20-35(47)21-24-45/h5-6,8-19,25,27,35,47H,3-4,7,20-24,26,28H2,1-2H3,(H,43,48)(H2,42,44,49). The quantitative estimate of drug-likeness (QED) is 0.0876. The summed E-state index contributed by atoms with van der Waals surface area (Å²) in [5.41, 5.74) is 5.94. The number of nitrogens with one attached hydrogen (secondary N) is 3. The van der Waals surface area contributed by atoms with Gasteiger partial charge in [-0.25, -0.2) is 4.79 Å². The molecule has 1 aliphatic heterocycles. The number of piperidine rings is 1. The Balaban J connectivity index is 1.09. The highest BCUT2D eigenvalue weighted by Crippen LogP contribution is 2.31. The van der Waals surface area contributed by atoms with E-state index in [0.29, 0.717) is 35.0 Å². The summed E-state index contributed by atoms with van der Waals surface area (Å²) in [5, 5.41) is 19.8. The minimum absolute atomic E-state index is 0.195. The van der Waals surface area contributed by atoms with Gasteiger partial charge in [0.2, 0.25) is 0 Å². The number of benzene rings is 4. The molecule has 10 nitrogen and oxygen atoms in total. The molecule has 0 unspecified atom stereocenters. The van der Waals surface area contributed by atoms with Crippen molar-refractivity contribution < 1.29 is 24.2 Å². The second-order valence-electron chi connectivity index (χ2n) is 13.0. The summed E-state index contributed by atoms with van der Waals surface area (Å²) in [6.45, 7) is 5.67. The van der Waals surface area contributed by atoms with Gasteiger partial charge in [-0.15, -0.1) is 0 Å². The van der Waals surface area contributed by atoms with Crippen LogP contribution in [0.25, 0.3) is 16.6 Å². The van der Waals surface area contributed by atoms with Crippen LogP contribution >= 0.6 is 0 Å². The Hall–Kier alpha value is -5.16. The number of fused-ring (bicyclic) bond motifs is 1. The van der Waals surface area contributed by atoms with E-state index in [2.05, 4.69) is 56.7 Å². The lowest BCUT2D eigenvalue weighted by Gasteiger charge is -2.29. The van der Waals surface area contributed by atoms with E-state index < -0.39 is 0 Å². The van der Waals surface area contributed by atoms with Crippen LogP contribution < -0.4 is 20.7 Å². The van der Waals surface area contributed by atoms with Crippen molar-refractivity contribution in [3.8, 4) is 17.2 Å². The Kier molecular flexibility index (Phi) is 12.0. The SMILES string of the molecule is CCCCCNC(=O)Nc1ccc(Oc2ccc(NC(=O)c3ccc(-n4cc(CN5CCC(O)CC5)c5ccccc54)cc3)cc2COC)cc1. The number of ether oxygens (including phenoxy) is 2. The van der Waals surface area contributed by atoms with Gasteiger partial charge in [0, 0.05) is 73.1 Å². The Morgan fingerprint density at radius 3 is 2.35 bits per heavy atom. The molecule has 266 valence electrons. The van der Waals surface area contributed by atoms with Gasteiger partial charge in [0.25, 0.3) is 5.91 Å². The number of rotatable bonds is 14. The summed E-state index contributed by atoms with van der Waals surface area (Å²) in [7, 11) is 1.61. The number of aromatic nitrogens is 1. The van der Waals surface area contributed by atoms with E-state index in [1.165, 1.54) is 10.9 Å². The molecule has 0 bridgehead atoms. The first-order valence-corrected chi connectivity index (χ1v) is 17.8. The molecule has 1 fully saturated rings. The molecule has 4 N–H and O–H groups in total. The first-order valence-electron chi connectivity index (χ1n) is 17.8. The predicted molar refractivity (Wildman–Crippen MR) is 202 cm³/mol. The largest absolute Gasteiger partial charge is 0.457 e. The van der Waals surface area contributed by atoms with Gasteiger partial charge in [0.1, 0.15) is 11.5 Å². The second kappa shape index (κ2) is 17.2. The topological polar surface area (TPSA) is 117 Å². The normalized spacial score (nSPS) is 13.6. The average molecular weight is 690 g/mol. The van der Waals surface area contributed by atoms with E-state index in [4.69, 9.17) is 9.47 Å². The maximum Gasteiger partial charge on any atom is 0.319 e. The van der Waals surface area contributed by atoms with Crippen molar-refractivity contribution in [1.29, 1.82) is 0 Å². The smallest absolute Gasteiger partial charge is 0.319 e. The van der Waals surface area contributed by atoms with E-state index in [0.717, 1.165) is 68.5 Å². The Morgan fingerprint density at radius 2 is 1.61 bits per heavy atom. The number of nitrogens with zero attached hydrogens (tertiary/aromatic N) is 2. The van der Waals surface area contributed by atoms with Crippen LogP contribution in [0.1, 0.15) is 60.5 Å². The maximum absolute atomic E-state index is 13.3. The molecule has 0 radical (unpaired) electrons. The van der Waals surface area contributed by atoms with E-state index >= 15 is 0 Å².